The van der Waals surface area contributed by atoms with E-state index < -0.39 is 0 Å². The minimum absolute atomic E-state index is 0.0367. The Bertz CT molecular complexity index is 359. The molecule has 2 N–H and O–H groups in total. The molecule has 0 heterocycles. The zero-order valence-electron chi connectivity index (χ0n) is 11.0. The first-order valence-corrected chi connectivity index (χ1v) is 5.97. The van der Waals surface area contributed by atoms with Crippen LogP contribution >= 0.6 is 0 Å². The van der Waals surface area contributed by atoms with Crippen LogP contribution in [0.1, 0.15) is 27.7 Å². The monoisotopic (exact) mass is 239 g/mol. The Morgan fingerprint density at radius 2 is 2.00 bits per heavy atom. The van der Waals surface area contributed by atoms with E-state index in [1.807, 2.05) is 0 Å². The molecule has 3 heteroatoms. The molecule has 0 spiro atoms. The fourth-order valence-electron chi connectivity index (χ4n) is 1.72. The van der Waals surface area contributed by atoms with Crippen molar-refractivity contribution in [2.75, 3.05) is 11.9 Å². The van der Waals surface area contributed by atoms with Crippen molar-refractivity contribution in [3.63, 3.8) is 0 Å². The summed E-state index contributed by atoms with van der Waals surface area (Å²) in [6.45, 7) is 8.52. The lowest BCUT2D eigenvalue weighted by molar-refractivity contribution is 0.169. The number of halogens is 1. The zero-order chi connectivity index (χ0) is 13.1. The third-order valence-corrected chi connectivity index (χ3v) is 3.34. The quantitative estimate of drug-likeness (QED) is 0.845. The Labute approximate surface area is 103 Å². The minimum atomic E-state index is -0.268. The van der Waals surface area contributed by atoms with Crippen molar-refractivity contribution < 1.29 is 9.50 Å². The molecule has 17 heavy (non-hydrogen) atoms. The van der Waals surface area contributed by atoms with Crippen LogP contribution in [0.15, 0.2) is 24.3 Å². The fraction of sp³-hybridized carbons (Fsp3) is 0.571. The summed E-state index contributed by atoms with van der Waals surface area (Å²) >= 11 is 0. The van der Waals surface area contributed by atoms with Crippen molar-refractivity contribution >= 4 is 5.69 Å². The van der Waals surface area contributed by atoms with Crippen LogP contribution in [0.5, 0.6) is 0 Å². The first kappa shape index (κ1) is 14.0. The SMILES string of the molecule is CC(C(CO)Nc1cccc(F)c1)C(C)(C)C. The van der Waals surface area contributed by atoms with Crippen LogP contribution in [-0.4, -0.2) is 17.8 Å². The molecule has 0 amide bonds. The third-order valence-electron chi connectivity index (χ3n) is 3.34. The van der Waals surface area contributed by atoms with Crippen molar-refractivity contribution in [1.29, 1.82) is 0 Å². The molecule has 1 aromatic carbocycles. The first-order chi connectivity index (χ1) is 7.84. The summed E-state index contributed by atoms with van der Waals surface area (Å²) in [4.78, 5) is 0. The predicted molar refractivity (Wildman–Crippen MR) is 69.5 cm³/mol. The second kappa shape index (κ2) is 5.50. The Kier molecular flexibility index (Phi) is 4.52. The second-order valence-corrected chi connectivity index (χ2v) is 5.60. The Morgan fingerprint density at radius 3 is 2.47 bits per heavy atom. The molecule has 0 bridgehead atoms. The summed E-state index contributed by atoms with van der Waals surface area (Å²) in [6, 6.07) is 6.25. The first-order valence-electron chi connectivity index (χ1n) is 5.97. The van der Waals surface area contributed by atoms with Gasteiger partial charge in [-0.3, -0.25) is 0 Å². The average Bonchev–Trinajstić information content (AvgIpc) is 2.24. The summed E-state index contributed by atoms with van der Waals surface area (Å²) in [5.41, 5.74) is 0.799. The van der Waals surface area contributed by atoms with Gasteiger partial charge in [0.25, 0.3) is 0 Å². The van der Waals surface area contributed by atoms with Crippen LogP contribution in [0.4, 0.5) is 10.1 Å². The van der Waals surface area contributed by atoms with Gasteiger partial charge in [-0.1, -0.05) is 33.8 Å². The summed E-state index contributed by atoms with van der Waals surface area (Å²) < 4.78 is 13.1. The molecule has 2 nitrogen and oxygen atoms in total. The molecule has 0 fully saturated rings. The van der Waals surface area contributed by atoms with Crippen molar-refractivity contribution in [1.82, 2.24) is 0 Å². The maximum Gasteiger partial charge on any atom is 0.125 e. The van der Waals surface area contributed by atoms with Crippen molar-refractivity contribution in [3.05, 3.63) is 30.1 Å². The molecule has 0 saturated heterocycles. The maximum absolute atomic E-state index is 13.1. The molecule has 2 unspecified atom stereocenters. The molecule has 0 aromatic heterocycles. The average molecular weight is 239 g/mol. The smallest absolute Gasteiger partial charge is 0.125 e. The van der Waals surface area contributed by atoms with Crippen molar-refractivity contribution in [2.24, 2.45) is 11.3 Å². The van der Waals surface area contributed by atoms with Gasteiger partial charge in [-0.25, -0.2) is 4.39 Å². The number of aliphatic hydroxyl groups is 1. The Morgan fingerprint density at radius 1 is 1.35 bits per heavy atom. The van der Waals surface area contributed by atoms with E-state index in [0.717, 1.165) is 0 Å². The molecule has 1 aromatic rings. The lowest BCUT2D eigenvalue weighted by atomic mass is 9.77. The van der Waals surface area contributed by atoms with Crippen LogP contribution in [-0.2, 0) is 0 Å². The lowest BCUT2D eigenvalue weighted by Gasteiger charge is -2.34. The van der Waals surface area contributed by atoms with Gasteiger partial charge < -0.3 is 10.4 Å². The Balaban J connectivity index is 2.77. The van der Waals surface area contributed by atoms with Crippen molar-refractivity contribution in [2.45, 2.75) is 33.7 Å². The zero-order valence-corrected chi connectivity index (χ0v) is 11.0. The lowest BCUT2D eigenvalue weighted by Crippen LogP contribution is -2.38. The number of hydrogen-bond acceptors (Lipinski definition) is 2. The summed E-state index contributed by atoms with van der Waals surface area (Å²) in [5.74, 6) is 0.00543. The summed E-state index contributed by atoms with van der Waals surface area (Å²) in [7, 11) is 0. The van der Waals surface area contributed by atoms with E-state index in [-0.39, 0.29) is 29.8 Å². The number of hydrogen-bond donors (Lipinski definition) is 2. The Hall–Kier alpha value is -1.09. The van der Waals surface area contributed by atoms with Crippen LogP contribution < -0.4 is 5.32 Å². The normalized spacial score (nSPS) is 15.4. The minimum Gasteiger partial charge on any atom is -0.394 e. The van der Waals surface area contributed by atoms with Gasteiger partial charge in [-0.15, -0.1) is 0 Å². The van der Waals surface area contributed by atoms with Gasteiger partial charge in [-0.05, 0) is 29.5 Å². The molecular weight excluding hydrogens is 217 g/mol. The highest BCUT2D eigenvalue weighted by atomic mass is 19.1. The van der Waals surface area contributed by atoms with Gasteiger partial charge in [0, 0.05) is 5.69 Å². The number of rotatable bonds is 4. The molecule has 96 valence electrons. The van der Waals surface area contributed by atoms with Gasteiger partial charge in [0.15, 0.2) is 0 Å². The van der Waals surface area contributed by atoms with E-state index in [9.17, 15) is 9.50 Å². The van der Waals surface area contributed by atoms with Gasteiger partial charge in [-0.2, -0.15) is 0 Å². The van der Waals surface area contributed by atoms with Crippen LogP contribution in [0.3, 0.4) is 0 Å². The van der Waals surface area contributed by atoms with Gasteiger partial charge in [0.2, 0.25) is 0 Å². The number of nitrogens with one attached hydrogen (secondary N) is 1. The second-order valence-electron chi connectivity index (χ2n) is 5.60. The maximum atomic E-state index is 13.1. The highest BCUT2D eigenvalue weighted by Gasteiger charge is 2.27. The largest absolute Gasteiger partial charge is 0.394 e. The van der Waals surface area contributed by atoms with E-state index in [1.165, 1.54) is 12.1 Å². The van der Waals surface area contributed by atoms with Gasteiger partial charge in [0.05, 0.1) is 12.6 Å². The standard InChI is InChI=1S/C14H22FNO/c1-10(14(2,3)4)13(9-17)16-12-7-5-6-11(15)8-12/h5-8,10,13,16-17H,9H2,1-4H3. The summed E-state index contributed by atoms with van der Waals surface area (Å²) in [5, 5.41) is 12.6. The molecule has 0 aliphatic rings. The predicted octanol–water partition coefficient (Wildman–Crippen LogP) is 3.28. The van der Waals surface area contributed by atoms with Gasteiger partial charge >= 0.3 is 0 Å². The summed E-state index contributed by atoms with van der Waals surface area (Å²) in [6.07, 6.45) is 0. The molecule has 1 rings (SSSR count). The number of anilines is 1. The number of aliphatic hydroxyl groups excluding tert-OH is 1. The van der Waals surface area contributed by atoms with E-state index in [0.29, 0.717) is 5.69 Å². The van der Waals surface area contributed by atoms with E-state index in [4.69, 9.17) is 0 Å². The molecule has 0 aliphatic carbocycles. The highest BCUT2D eigenvalue weighted by Crippen LogP contribution is 2.29. The van der Waals surface area contributed by atoms with E-state index >= 15 is 0 Å². The molecular formula is C14H22FNO. The molecule has 0 saturated carbocycles. The van der Waals surface area contributed by atoms with Crippen LogP contribution in [0.2, 0.25) is 0 Å². The topological polar surface area (TPSA) is 32.3 Å². The van der Waals surface area contributed by atoms with E-state index in [2.05, 4.69) is 33.0 Å². The van der Waals surface area contributed by atoms with Crippen LogP contribution in [0.25, 0.3) is 0 Å². The van der Waals surface area contributed by atoms with Crippen LogP contribution in [0, 0.1) is 17.2 Å². The molecule has 0 aliphatic heterocycles. The van der Waals surface area contributed by atoms with E-state index in [1.54, 1.807) is 12.1 Å². The number of benzene rings is 1. The molecule has 0 radical (unpaired) electrons. The molecule has 2 atom stereocenters. The fourth-order valence-corrected chi connectivity index (χ4v) is 1.72. The highest BCUT2D eigenvalue weighted by molar-refractivity contribution is 5.44. The third kappa shape index (κ3) is 4.00. The van der Waals surface area contributed by atoms with Gasteiger partial charge in [0.1, 0.15) is 5.82 Å². The van der Waals surface area contributed by atoms with Crippen molar-refractivity contribution in [3.8, 4) is 0 Å².